The smallest absolute Gasteiger partial charge is 0.231 e. The van der Waals surface area contributed by atoms with Crippen molar-refractivity contribution in [1.29, 1.82) is 0 Å². The molecular weight excluding hydrogens is 136 g/mol. The number of carbonyl (C=O) groups is 1. The fourth-order valence-corrected chi connectivity index (χ4v) is 0.447. The van der Waals surface area contributed by atoms with Gasteiger partial charge in [0.2, 0.25) is 12.3 Å². The number of amides is 1. The highest BCUT2D eigenvalue weighted by Crippen LogP contribution is 1.81. The molecule has 0 saturated carbocycles. The zero-order valence-electron chi connectivity index (χ0n) is 6.09. The minimum absolute atomic E-state index is 0.0480. The standard InChI is InChI=1S/C5H12N2O3/c1-9-5(10-2)7-3-4(6)8/h5,7H,3H2,1-2H3,(H2,6,8). The molecule has 1 amide bonds. The molecule has 60 valence electrons. The van der Waals surface area contributed by atoms with E-state index in [0.29, 0.717) is 0 Å². The number of nitrogens with one attached hydrogen (secondary N) is 1. The Hall–Kier alpha value is -0.650. The van der Waals surface area contributed by atoms with Crippen molar-refractivity contribution in [3.8, 4) is 0 Å². The van der Waals surface area contributed by atoms with Gasteiger partial charge in [-0.3, -0.25) is 10.1 Å². The highest BCUT2D eigenvalue weighted by atomic mass is 16.7. The lowest BCUT2D eigenvalue weighted by Gasteiger charge is -2.12. The van der Waals surface area contributed by atoms with Gasteiger partial charge in [0.05, 0.1) is 6.54 Å². The van der Waals surface area contributed by atoms with E-state index in [1.165, 1.54) is 14.2 Å². The average Bonchev–Trinajstić information content (AvgIpc) is 1.90. The lowest BCUT2D eigenvalue weighted by molar-refractivity contribution is -0.132. The molecule has 0 heterocycles. The van der Waals surface area contributed by atoms with Crippen molar-refractivity contribution in [2.24, 2.45) is 5.73 Å². The number of rotatable bonds is 5. The molecule has 0 aliphatic heterocycles. The minimum atomic E-state index is -0.563. The van der Waals surface area contributed by atoms with E-state index in [9.17, 15) is 4.79 Å². The van der Waals surface area contributed by atoms with Crippen LogP contribution in [0, 0.1) is 0 Å². The second-order valence-electron chi connectivity index (χ2n) is 1.65. The fourth-order valence-electron chi connectivity index (χ4n) is 0.447. The van der Waals surface area contributed by atoms with Crippen LogP contribution in [0.2, 0.25) is 0 Å². The Morgan fingerprint density at radius 2 is 2.10 bits per heavy atom. The van der Waals surface area contributed by atoms with Crippen molar-refractivity contribution < 1.29 is 14.3 Å². The molecule has 10 heavy (non-hydrogen) atoms. The van der Waals surface area contributed by atoms with Crippen LogP contribution in [0.25, 0.3) is 0 Å². The van der Waals surface area contributed by atoms with Gasteiger partial charge in [-0.05, 0) is 0 Å². The zero-order valence-corrected chi connectivity index (χ0v) is 6.09. The van der Waals surface area contributed by atoms with Crippen LogP contribution in [0.3, 0.4) is 0 Å². The third-order valence-electron chi connectivity index (χ3n) is 0.871. The molecule has 0 bridgehead atoms. The van der Waals surface area contributed by atoms with E-state index in [2.05, 4.69) is 5.32 Å². The first-order chi connectivity index (χ1) is 4.70. The van der Waals surface area contributed by atoms with Gasteiger partial charge in [0.25, 0.3) is 0 Å². The third kappa shape index (κ3) is 4.25. The Morgan fingerprint density at radius 1 is 1.60 bits per heavy atom. The molecule has 0 radical (unpaired) electrons. The quantitative estimate of drug-likeness (QED) is 0.472. The van der Waals surface area contributed by atoms with E-state index in [1.54, 1.807) is 0 Å². The zero-order chi connectivity index (χ0) is 7.98. The van der Waals surface area contributed by atoms with Gasteiger partial charge in [0.15, 0.2) is 0 Å². The molecule has 0 unspecified atom stereocenters. The van der Waals surface area contributed by atoms with Gasteiger partial charge >= 0.3 is 0 Å². The van der Waals surface area contributed by atoms with Gasteiger partial charge in [-0.15, -0.1) is 0 Å². The van der Waals surface area contributed by atoms with Crippen molar-refractivity contribution in [2.45, 2.75) is 6.41 Å². The molecule has 0 aromatic rings. The summed E-state index contributed by atoms with van der Waals surface area (Å²) in [6.45, 7) is 0.0480. The normalized spacial score (nSPS) is 10.3. The summed E-state index contributed by atoms with van der Waals surface area (Å²) >= 11 is 0. The van der Waals surface area contributed by atoms with Crippen LogP contribution in [0.1, 0.15) is 0 Å². The average molecular weight is 148 g/mol. The van der Waals surface area contributed by atoms with E-state index < -0.39 is 12.3 Å². The SMILES string of the molecule is COC(NCC(N)=O)OC. The van der Waals surface area contributed by atoms with Crippen molar-refractivity contribution in [3.63, 3.8) is 0 Å². The Bertz CT molecular complexity index is 103. The maximum absolute atomic E-state index is 10.2. The summed E-state index contributed by atoms with van der Waals surface area (Å²) in [4.78, 5) is 10.2. The lowest BCUT2D eigenvalue weighted by atomic mass is 10.6. The predicted molar refractivity (Wildman–Crippen MR) is 35.0 cm³/mol. The molecule has 0 saturated heterocycles. The van der Waals surface area contributed by atoms with E-state index in [-0.39, 0.29) is 6.54 Å². The monoisotopic (exact) mass is 148 g/mol. The van der Waals surface area contributed by atoms with Gasteiger partial charge < -0.3 is 15.2 Å². The first kappa shape index (κ1) is 9.35. The second kappa shape index (κ2) is 5.16. The Kier molecular flexibility index (Phi) is 4.82. The lowest BCUT2D eigenvalue weighted by Crippen LogP contribution is -2.38. The molecule has 0 aromatic carbocycles. The number of primary amides is 1. The van der Waals surface area contributed by atoms with Crippen LogP contribution < -0.4 is 11.1 Å². The maximum Gasteiger partial charge on any atom is 0.231 e. The summed E-state index contributed by atoms with van der Waals surface area (Å²) in [7, 11) is 2.92. The highest BCUT2D eigenvalue weighted by molar-refractivity contribution is 5.75. The van der Waals surface area contributed by atoms with Gasteiger partial charge in [0, 0.05) is 14.2 Å². The Morgan fingerprint density at radius 3 is 2.40 bits per heavy atom. The van der Waals surface area contributed by atoms with Crippen LogP contribution in [0.5, 0.6) is 0 Å². The molecule has 0 aromatic heterocycles. The topological polar surface area (TPSA) is 73.6 Å². The summed E-state index contributed by atoms with van der Waals surface area (Å²) in [5.41, 5.74) is 4.84. The number of ether oxygens (including phenoxy) is 2. The summed E-state index contributed by atoms with van der Waals surface area (Å²) in [5.74, 6) is -0.445. The molecule has 0 spiro atoms. The van der Waals surface area contributed by atoms with Crippen LogP contribution in [-0.2, 0) is 14.3 Å². The van der Waals surface area contributed by atoms with Crippen molar-refractivity contribution in [2.75, 3.05) is 20.8 Å². The molecule has 3 N–H and O–H groups in total. The molecule has 0 fully saturated rings. The van der Waals surface area contributed by atoms with Crippen LogP contribution in [0.4, 0.5) is 0 Å². The number of nitrogens with two attached hydrogens (primary N) is 1. The second-order valence-corrected chi connectivity index (χ2v) is 1.65. The van der Waals surface area contributed by atoms with Crippen molar-refractivity contribution >= 4 is 5.91 Å². The summed E-state index contributed by atoms with van der Waals surface area (Å²) < 4.78 is 9.42. The molecule has 5 nitrogen and oxygen atoms in total. The van der Waals surface area contributed by atoms with Crippen LogP contribution in [0.15, 0.2) is 0 Å². The summed E-state index contributed by atoms with van der Waals surface area (Å²) in [6, 6.07) is 0. The maximum atomic E-state index is 10.2. The number of methoxy groups -OCH3 is 2. The van der Waals surface area contributed by atoms with Gasteiger partial charge in [-0.25, -0.2) is 0 Å². The molecule has 0 aliphatic rings. The van der Waals surface area contributed by atoms with Crippen LogP contribution >= 0.6 is 0 Å². The van der Waals surface area contributed by atoms with Gasteiger partial charge in [0.1, 0.15) is 0 Å². The van der Waals surface area contributed by atoms with Gasteiger partial charge in [-0.2, -0.15) is 0 Å². The highest BCUT2D eigenvalue weighted by Gasteiger charge is 2.03. The van der Waals surface area contributed by atoms with E-state index in [0.717, 1.165) is 0 Å². The molecule has 5 heteroatoms. The first-order valence-corrected chi connectivity index (χ1v) is 2.78. The number of hydrogen-bond acceptors (Lipinski definition) is 4. The van der Waals surface area contributed by atoms with E-state index >= 15 is 0 Å². The van der Waals surface area contributed by atoms with Gasteiger partial charge in [-0.1, -0.05) is 0 Å². The number of carbonyl (C=O) groups excluding carboxylic acids is 1. The molecular formula is C5H12N2O3. The van der Waals surface area contributed by atoms with Crippen LogP contribution in [-0.4, -0.2) is 33.1 Å². The Balaban J connectivity index is 3.34. The van der Waals surface area contributed by atoms with E-state index in [4.69, 9.17) is 15.2 Å². The number of hydrogen-bond donors (Lipinski definition) is 2. The first-order valence-electron chi connectivity index (χ1n) is 2.78. The fraction of sp³-hybridized carbons (Fsp3) is 0.800. The summed E-state index contributed by atoms with van der Waals surface area (Å²) in [6.07, 6.45) is -0.563. The van der Waals surface area contributed by atoms with E-state index in [1.807, 2.05) is 0 Å². The molecule has 0 atom stereocenters. The third-order valence-corrected chi connectivity index (χ3v) is 0.871. The molecule has 0 aliphatic carbocycles. The molecule has 0 rings (SSSR count). The largest absolute Gasteiger partial charge is 0.369 e. The minimum Gasteiger partial charge on any atom is -0.369 e. The summed E-state index contributed by atoms with van der Waals surface area (Å²) in [5, 5.41) is 2.60. The Labute approximate surface area is 59.5 Å². The predicted octanol–water partition coefficient (Wildman–Crippen LogP) is -1.36. The van der Waals surface area contributed by atoms with Crippen molar-refractivity contribution in [1.82, 2.24) is 5.32 Å². The van der Waals surface area contributed by atoms with Crippen molar-refractivity contribution in [3.05, 3.63) is 0 Å².